The molecular formula is C39H34ClN2O2+. The molecule has 0 unspecified atom stereocenters. The first-order chi connectivity index (χ1) is 21.6. The number of anilines is 1. The molecular weight excluding hydrogens is 564 g/mol. The minimum Gasteiger partial charge on any atom is -0.439 e. The first-order valence-corrected chi connectivity index (χ1v) is 15.7. The zero-order valence-electron chi connectivity index (χ0n) is 25.0. The molecule has 0 N–H and O–H groups in total. The van der Waals surface area contributed by atoms with Gasteiger partial charge in [-0.2, -0.15) is 4.57 Å². The third-order valence-corrected chi connectivity index (χ3v) is 8.87. The van der Waals surface area contributed by atoms with Crippen molar-refractivity contribution in [3.63, 3.8) is 0 Å². The Labute approximate surface area is 263 Å². The summed E-state index contributed by atoms with van der Waals surface area (Å²) in [6, 6.07) is 33.6. The van der Waals surface area contributed by atoms with Crippen LogP contribution in [-0.4, -0.2) is 6.54 Å². The van der Waals surface area contributed by atoms with Crippen LogP contribution < -0.4 is 14.2 Å². The molecule has 1 aliphatic heterocycles. The molecule has 44 heavy (non-hydrogen) atoms. The second-order valence-corrected chi connectivity index (χ2v) is 11.4. The summed E-state index contributed by atoms with van der Waals surface area (Å²) in [5, 5.41) is 0.800. The number of nitrogens with zero attached hydrogens (tertiary/aromatic N) is 2. The van der Waals surface area contributed by atoms with Crippen molar-refractivity contribution in [2.75, 3.05) is 11.4 Å². The van der Waals surface area contributed by atoms with Crippen LogP contribution >= 0.6 is 11.6 Å². The van der Waals surface area contributed by atoms with E-state index in [0.717, 1.165) is 76.4 Å². The van der Waals surface area contributed by atoms with Crippen LogP contribution in [0.2, 0.25) is 0 Å². The zero-order valence-corrected chi connectivity index (χ0v) is 25.7. The number of benzene rings is 4. The fourth-order valence-corrected chi connectivity index (χ4v) is 6.39. The number of fused-ring (bicyclic) bond motifs is 2. The highest BCUT2D eigenvalue weighted by Gasteiger charge is 2.26. The van der Waals surface area contributed by atoms with E-state index in [2.05, 4.69) is 120 Å². The molecule has 0 saturated heterocycles. The number of hydrogen-bond donors (Lipinski definition) is 0. The number of aromatic nitrogens is 1. The predicted molar refractivity (Wildman–Crippen MR) is 180 cm³/mol. The number of ether oxygens (including phenoxy) is 1. The van der Waals surface area contributed by atoms with Gasteiger partial charge in [0.2, 0.25) is 11.5 Å². The van der Waals surface area contributed by atoms with Gasteiger partial charge in [0.25, 0.3) is 5.52 Å². The number of halogens is 1. The Morgan fingerprint density at radius 1 is 0.773 bits per heavy atom. The molecule has 0 bridgehead atoms. The Bertz CT molecular complexity index is 1970. The van der Waals surface area contributed by atoms with Crippen molar-refractivity contribution in [3.8, 4) is 28.0 Å². The average Bonchev–Trinajstić information content (AvgIpc) is 3.74. The fourth-order valence-electron chi connectivity index (χ4n) is 6.07. The largest absolute Gasteiger partial charge is 0.439 e. The van der Waals surface area contributed by atoms with E-state index in [0.29, 0.717) is 0 Å². The number of hydrogen-bond acceptors (Lipinski definition) is 3. The van der Waals surface area contributed by atoms with Crippen LogP contribution in [0.1, 0.15) is 32.6 Å². The lowest BCUT2D eigenvalue weighted by Gasteiger charge is -2.16. The van der Waals surface area contributed by atoms with E-state index in [9.17, 15) is 0 Å². The lowest BCUT2D eigenvalue weighted by molar-refractivity contribution is -0.674. The number of rotatable bonds is 7. The van der Waals surface area contributed by atoms with Crippen LogP contribution in [-0.2, 0) is 6.54 Å². The predicted octanol–water partition coefficient (Wildman–Crippen LogP) is 10.1. The maximum Gasteiger partial charge on any atom is 0.374 e. The van der Waals surface area contributed by atoms with Crippen LogP contribution in [0.4, 0.5) is 5.69 Å². The summed E-state index contributed by atoms with van der Waals surface area (Å²) in [6.45, 7) is 5.89. The molecule has 0 saturated carbocycles. The monoisotopic (exact) mass is 597 g/mol. The molecule has 2 aliphatic rings. The molecule has 0 amide bonds. The molecule has 7 rings (SSSR count). The minimum absolute atomic E-state index is 0.800. The molecule has 5 aromatic rings. The van der Waals surface area contributed by atoms with Gasteiger partial charge < -0.3 is 14.1 Å². The average molecular weight is 598 g/mol. The van der Waals surface area contributed by atoms with Crippen molar-refractivity contribution < 1.29 is 13.7 Å². The van der Waals surface area contributed by atoms with E-state index < -0.39 is 0 Å². The number of allylic oxidation sites excluding steroid dienone is 6. The second kappa shape index (κ2) is 12.1. The lowest BCUT2D eigenvalue weighted by atomic mass is 10.0. The molecule has 4 nitrogen and oxygen atoms in total. The van der Waals surface area contributed by atoms with Gasteiger partial charge in [0.15, 0.2) is 5.75 Å². The minimum atomic E-state index is 0.800. The topological polar surface area (TPSA) is 29.5 Å². The normalized spacial score (nSPS) is 16.6. The van der Waals surface area contributed by atoms with Crippen LogP contribution in [0.5, 0.6) is 5.75 Å². The van der Waals surface area contributed by atoms with Crippen molar-refractivity contribution in [1.82, 2.24) is 0 Å². The second-order valence-electron chi connectivity index (χ2n) is 11.0. The third-order valence-electron chi connectivity index (χ3n) is 8.39. The van der Waals surface area contributed by atoms with Gasteiger partial charge in [0, 0.05) is 17.6 Å². The van der Waals surface area contributed by atoms with Crippen molar-refractivity contribution in [2.24, 2.45) is 0 Å². The number of aryl methyl sites for hydroxylation is 1. The fraction of sp³-hybridized carbons (Fsp3) is 0.154. The van der Waals surface area contributed by atoms with Gasteiger partial charge in [-0.1, -0.05) is 90.5 Å². The number of oxazole rings is 1. The molecule has 0 spiro atoms. The molecule has 5 heteroatoms. The van der Waals surface area contributed by atoms with E-state index in [1.54, 1.807) is 0 Å². The molecule has 0 radical (unpaired) electrons. The van der Waals surface area contributed by atoms with Gasteiger partial charge >= 0.3 is 5.89 Å². The molecule has 1 aromatic heterocycles. The van der Waals surface area contributed by atoms with Crippen molar-refractivity contribution in [1.29, 1.82) is 0 Å². The summed E-state index contributed by atoms with van der Waals surface area (Å²) >= 11 is 6.92. The summed E-state index contributed by atoms with van der Waals surface area (Å²) in [5.74, 6) is 2.50. The standard InChI is InChI=1S/C39H34ClN2O2/c1-3-41-33-25-31(27-11-7-5-8-12-27)17-21-35(33)43-37(41)23-19-29-15-16-30(39(29)40)20-24-38-42(4-2)34-26-32(18-22-36(34)44-38)28-13-9-6-10-14-28/h5-14,17-26H,3-4,15-16H2,1-2H3/q+1. The smallest absolute Gasteiger partial charge is 0.374 e. The molecule has 0 atom stereocenters. The SMILES string of the molecule is CCN1/C(=C/C=C2\CCC(/C=C/c3oc4ccc(-c5ccccc5)cc4[n+]3CC)=C2Cl)Oc2ccc(-c3ccccc3)cc21. The summed E-state index contributed by atoms with van der Waals surface area (Å²) in [5.41, 5.74) is 10.0. The summed E-state index contributed by atoms with van der Waals surface area (Å²) in [7, 11) is 0. The maximum absolute atomic E-state index is 6.92. The zero-order chi connectivity index (χ0) is 30.0. The molecule has 218 valence electrons. The summed E-state index contributed by atoms with van der Waals surface area (Å²) < 4.78 is 14.8. The summed E-state index contributed by atoms with van der Waals surface area (Å²) in [6.07, 6.45) is 10.1. The van der Waals surface area contributed by atoms with E-state index >= 15 is 0 Å². The molecule has 4 aromatic carbocycles. The Morgan fingerprint density at radius 2 is 1.48 bits per heavy atom. The Hall–Kier alpha value is -4.80. The van der Waals surface area contributed by atoms with Gasteiger partial charge in [-0.05, 0) is 90.4 Å². The lowest BCUT2D eigenvalue weighted by Crippen LogP contribution is -2.33. The van der Waals surface area contributed by atoms with Crippen molar-refractivity contribution in [2.45, 2.75) is 33.2 Å². The molecule has 2 heterocycles. The maximum atomic E-state index is 6.92. The highest BCUT2D eigenvalue weighted by Crippen LogP contribution is 2.42. The van der Waals surface area contributed by atoms with Crippen LogP contribution in [0.15, 0.2) is 142 Å². The van der Waals surface area contributed by atoms with Gasteiger partial charge in [0.05, 0.1) is 11.8 Å². The van der Waals surface area contributed by atoms with Crippen molar-refractivity contribution >= 4 is 34.5 Å². The first-order valence-electron chi connectivity index (χ1n) is 15.3. The highest BCUT2D eigenvalue weighted by molar-refractivity contribution is 6.33. The van der Waals surface area contributed by atoms with Crippen molar-refractivity contribution in [3.05, 3.63) is 143 Å². The van der Waals surface area contributed by atoms with Crippen LogP contribution in [0.25, 0.3) is 39.4 Å². The Kier molecular flexibility index (Phi) is 7.68. The van der Waals surface area contributed by atoms with Gasteiger partial charge in [-0.25, -0.2) is 0 Å². The van der Waals surface area contributed by atoms with Crippen LogP contribution in [0.3, 0.4) is 0 Å². The van der Waals surface area contributed by atoms with Crippen LogP contribution in [0, 0.1) is 0 Å². The Morgan fingerprint density at radius 3 is 2.18 bits per heavy atom. The Balaban J connectivity index is 1.12. The summed E-state index contributed by atoms with van der Waals surface area (Å²) in [4.78, 5) is 2.21. The third kappa shape index (κ3) is 5.27. The van der Waals surface area contributed by atoms with E-state index in [1.165, 1.54) is 22.3 Å². The molecule has 1 aliphatic carbocycles. The van der Waals surface area contributed by atoms with Gasteiger partial charge in [-0.3, -0.25) is 0 Å². The van der Waals surface area contributed by atoms with E-state index in [4.69, 9.17) is 20.8 Å². The van der Waals surface area contributed by atoms with Gasteiger partial charge in [-0.15, -0.1) is 0 Å². The molecule has 0 fully saturated rings. The first kappa shape index (κ1) is 28.0. The highest BCUT2D eigenvalue weighted by atomic mass is 35.5. The van der Waals surface area contributed by atoms with E-state index in [1.807, 2.05) is 24.3 Å². The van der Waals surface area contributed by atoms with E-state index in [-0.39, 0.29) is 0 Å². The quantitative estimate of drug-likeness (QED) is 0.175. The van der Waals surface area contributed by atoms with Gasteiger partial charge in [0.1, 0.15) is 6.54 Å².